The third-order valence-electron chi connectivity index (χ3n) is 2.54. The molecule has 0 spiro atoms. The number of nitrogens with two attached hydrogens (primary N) is 1. The number of benzene rings is 1. The molecule has 3 N–H and O–H groups in total. The third kappa shape index (κ3) is 4.73. The van der Waals surface area contributed by atoms with Crippen LogP contribution in [-0.2, 0) is 17.4 Å². The van der Waals surface area contributed by atoms with Gasteiger partial charge in [0.25, 0.3) is 5.91 Å². The van der Waals surface area contributed by atoms with Crippen molar-refractivity contribution < 1.29 is 22.7 Å². The number of nitrogens with one attached hydrogen (secondary N) is 1. The molecule has 0 saturated carbocycles. The molecule has 1 atom stereocenters. The summed E-state index contributed by atoms with van der Waals surface area (Å²) in [5.41, 5.74) is 5.14. The standard InChI is InChI=1S/C13H17F3N2O2/c1-8(17)5-9-3-4-11(20-7-12(19)18-2)10(6-9)13(14,15)16/h3-4,6,8H,5,7,17H2,1-2H3,(H,18,19). The zero-order chi connectivity index (χ0) is 15.3. The summed E-state index contributed by atoms with van der Waals surface area (Å²) in [6, 6.07) is 3.48. The van der Waals surface area contributed by atoms with Crippen LogP contribution in [0.25, 0.3) is 0 Å². The average molecular weight is 290 g/mol. The van der Waals surface area contributed by atoms with Crippen LogP contribution in [0.2, 0.25) is 0 Å². The number of carbonyl (C=O) groups excluding carboxylic acids is 1. The van der Waals surface area contributed by atoms with Gasteiger partial charge in [0.05, 0.1) is 5.56 Å². The van der Waals surface area contributed by atoms with Crippen molar-refractivity contribution >= 4 is 5.91 Å². The quantitative estimate of drug-likeness (QED) is 0.868. The van der Waals surface area contributed by atoms with E-state index in [-0.39, 0.29) is 11.8 Å². The summed E-state index contributed by atoms with van der Waals surface area (Å²) in [5, 5.41) is 2.27. The number of ether oxygens (including phenoxy) is 1. The Morgan fingerprint density at radius 3 is 2.60 bits per heavy atom. The van der Waals surface area contributed by atoms with E-state index in [1.54, 1.807) is 6.92 Å². The number of hydrogen-bond acceptors (Lipinski definition) is 3. The van der Waals surface area contributed by atoms with E-state index >= 15 is 0 Å². The van der Waals surface area contributed by atoms with E-state index in [1.807, 2.05) is 0 Å². The second-order valence-corrected chi connectivity index (χ2v) is 4.47. The fourth-order valence-electron chi connectivity index (χ4n) is 1.64. The molecule has 0 aliphatic carbocycles. The highest BCUT2D eigenvalue weighted by Crippen LogP contribution is 2.37. The normalized spacial score (nSPS) is 12.9. The first-order chi connectivity index (χ1) is 9.24. The maximum Gasteiger partial charge on any atom is 0.419 e. The van der Waals surface area contributed by atoms with Gasteiger partial charge in [-0.15, -0.1) is 0 Å². The van der Waals surface area contributed by atoms with Crippen molar-refractivity contribution in [3.63, 3.8) is 0 Å². The molecule has 0 aromatic heterocycles. The first-order valence-corrected chi connectivity index (χ1v) is 6.03. The predicted molar refractivity (Wildman–Crippen MR) is 68.4 cm³/mol. The van der Waals surface area contributed by atoms with Gasteiger partial charge in [0.1, 0.15) is 5.75 Å². The summed E-state index contributed by atoms with van der Waals surface area (Å²) in [4.78, 5) is 11.0. The van der Waals surface area contributed by atoms with Crippen LogP contribution in [0, 0.1) is 0 Å². The Bertz CT molecular complexity index is 473. The molecule has 0 aliphatic rings. The van der Waals surface area contributed by atoms with Crippen LogP contribution in [0.4, 0.5) is 13.2 Å². The molecule has 0 heterocycles. The minimum absolute atomic E-state index is 0.242. The summed E-state index contributed by atoms with van der Waals surface area (Å²) in [5.74, 6) is -0.868. The largest absolute Gasteiger partial charge is 0.483 e. The molecule has 1 aromatic carbocycles. The number of rotatable bonds is 5. The Balaban J connectivity index is 3.01. The van der Waals surface area contributed by atoms with Gasteiger partial charge < -0.3 is 15.8 Å². The Labute approximate surface area is 115 Å². The number of alkyl halides is 3. The van der Waals surface area contributed by atoms with Crippen LogP contribution in [0.1, 0.15) is 18.1 Å². The zero-order valence-corrected chi connectivity index (χ0v) is 11.3. The molecule has 0 saturated heterocycles. The number of halogens is 3. The first-order valence-electron chi connectivity index (χ1n) is 6.03. The molecule has 112 valence electrons. The van der Waals surface area contributed by atoms with Crippen molar-refractivity contribution in [2.75, 3.05) is 13.7 Å². The van der Waals surface area contributed by atoms with Crippen molar-refractivity contribution in [1.29, 1.82) is 0 Å². The summed E-state index contributed by atoms with van der Waals surface area (Å²) >= 11 is 0. The van der Waals surface area contributed by atoms with Crippen LogP contribution in [-0.4, -0.2) is 25.6 Å². The van der Waals surface area contributed by atoms with Gasteiger partial charge in [-0.1, -0.05) is 6.07 Å². The lowest BCUT2D eigenvalue weighted by Crippen LogP contribution is -2.25. The average Bonchev–Trinajstić information content (AvgIpc) is 2.34. The molecule has 1 rings (SSSR count). The van der Waals surface area contributed by atoms with Gasteiger partial charge in [0.15, 0.2) is 6.61 Å². The second kappa shape index (κ2) is 6.60. The van der Waals surface area contributed by atoms with Crippen molar-refractivity contribution in [3.05, 3.63) is 29.3 Å². The number of hydrogen-bond donors (Lipinski definition) is 2. The summed E-state index contributed by atoms with van der Waals surface area (Å²) in [6.07, 6.45) is -4.22. The van der Waals surface area contributed by atoms with E-state index in [1.165, 1.54) is 19.2 Å². The van der Waals surface area contributed by atoms with Gasteiger partial charge in [-0.2, -0.15) is 13.2 Å². The molecule has 20 heavy (non-hydrogen) atoms. The number of carbonyl (C=O) groups is 1. The fraction of sp³-hybridized carbons (Fsp3) is 0.462. The zero-order valence-electron chi connectivity index (χ0n) is 11.3. The number of likely N-dealkylation sites (N-methyl/N-ethyl adjacent to an activating group) is 1. The van der Waals surface area contributed by atoms with Gasteiger partial charge in [0, 0.05) is 13.1 Å². The number of amides is 1. The maximum atomic E-state index is 13.0. The predicted octanol–water partition coefficient (Wildman–Crippen LogP) is 1.72. The third-order valence-corrected chi connectivity index (χ3v) is 2.54. The van der Waals surface area contributed by atoms with E-state index in [0.717, 1.165) is 6.07 Å². The Kier molecular flexibility index (Phi) is 5.38. The summed E-state index contributed by atoms with van der Waals surface area (Å²) in [7, 11) is 1.38. The molecule has 0 fully saturated rings. The van der Waals surface area contributed by atoms with Crippen LogP contribution in [0.5, 0.6) is 5.75 Å². The van der Waals surface area contributed by atoms with E-state index in [9.17, 15) is 18.0 Å². The lowest BCUT2D eigenvalue weighted by Gasteiger charge is -2.15. The second-order valence-electron chi connectivity index (χ2n) is 4.47. The van der Waals surface area contributed by atoms with Crippen LogP contribution >= 0.6 is 0 Å². The highest BCUT2D eigenvalue weighted by Gasteiger charge is 2.34. The van der Waals surface area contributed by atoms with Gasteiger partial charge in [-0.25, -0.2) is 0 Å². The first kappa shape index (κ1) is 16.3. The highest BCUT2D eigenvalue weighted by molar-refractivity contribution is 5.77. The molecular weight excluding hydrogens is 273 g/mol. The Hall–Kier alpha value is -1.76. The molecule has 4 nitrogen and oxygen atoms in total. The Morgan fingerprint density at radius 1 is 1.45 bits per heavy atom. The smallest absolute Gasteiger partial charge is 0.419 e. The molecule has 0 bridgehead atoms. The van der Waals surface area contributed by atoms with E-state index in [0.29, 0.717) is 12.0 Å². The van der Waals surface area contributed by atoms with Crippen molar-refractivity contribution in [2.45, 2.75) is 25.6 Å². The SMILES string of the molecule is CNC(=O)COc1ccc(CC(C)N)cc1C(F)(F)F. The molecular formula is C13H17F3N2O2. The minimum Gasteiger partial charge on any atom is -0.483 e. The lowest BCUT2D eigenvalue weighted by atomic mass is 10.0. The van der Waals surface area contributed by atoms with Crippen molar-refractivity contribution in [2.24, 2.45) is 5.73 Å². The molecule has 1 unspecified atom stereocenters. The highest BCUT2D eigenvalue weighted by atomic mass is 19.4. The molecule has 0 radical (unpaired) electrons. The van der Waals surface area contributed by atoms with Gasteiger partial charge in [-0.3, -0.25) is 4.79 Å². The van der Waals surface area contributed by atoms with Crippen molar-refractivity contribution in [3.8, 4) is 5.75 Å². The molecule has 1 amide bonds. The fourth-order valence-corrected chi connectivity index (χ4v) is 1.64. The molecule has 0 aliphatic heterocycles. The molecule has 7 heteroatoms. The van der Waals surface area contributed by atoms with Gasteiger partial charge >= 0.3 is 6.18 Å². The van der Waals surface area contributed by atoms with Crippen LogP contribution < -0.4 is 15.8 Å². The minimum atomic E-state index is -4.55. The van der Waals surface area contributed by atoms with E-state index < -0.39 is 24.3 Å². The van der Waals surface area contributed by atoms with Gasteiger partial charge in [0.2, 0.25) is 0 Å². The summed E-state index contributed by atoms with van der Waals surface area (Å²) in [6.45, 7) is 1.25. The molecule has 1 aromatic rings. The summed E-state index contributed by atoms with van der Waals surface area (Å²) < 4.78 is 43.8. The van der Waals surface area contributed by atoms with E-state index in [2.05, 4.69) is 5.32 Å². The van der Waals surface area contributed by atoms with Gasteiger partial charge in [-0.05, 0) is 31.0 Å². The van der Waals surface area contributed by atoms with E-state index in [4.69, 9.17) is 10.5 Å². The topological polar surface area (TPSA) is 64.3 Å². The van der Waals surface area contributed by atoms with Crippen molar-refractivity contribution in [1.82, 2.24) is 5.32 Å². The van der Waals surface area contributed by atoms with Crippen LogP contribution in [0.15, 0.2) is 18.2 Å². The monoisotopic (exact) mass is 290 g/mol. The maximum absolute atomic E-state index is 13.0. The Morgan fingerprint density at radius 2 is 2.10 bits per heavy atom. The van der Waals surface area contributed by atoms with Crippen LogP contribution in [0.3, 0.4) is 0 Å². The lowest BCUT2D eigenvalue weighted by molar-refractivity contribution is -0.139.